The van der Waals surface area contributed by atoms with E-state index < -0.39 is 0 Å². The number of aromatic nitrogens is 2. The molecule has 0 saturated heterocycles. The first-order valence-corrected chi connectivity index (χ1v) is 15.4. The van der Waals surface area contributed by atoms with Gasteiger partial charge >= 0.3 is 0 Å². The Morgan fingerprint density at radius 3 is 1.20 bits per heavy atom. The van der Waals surface area contributed by atoms with E-state index in [2.05, 4.69) is 119 Å². The maximum Gasteiger partial charge on any atom is 0.0751 e. The number of fused-ring (bicyclic) bond motifs is 11. The fourth-order valence-corrected chi connectivity index (χ4v) is 8.75. The maximum absolute atomic E-state index is 2.41. The van der Waals surface area contributed by atoms with E-state index in [9.17, 15) is 0 Å². The smallest absolute Gasteiger partial charge is 0.0751 e. The van der Waals surface area contributed by atoms with Gasteiger partial charge in [0.15, 0.2) is 0 Å². The van der Waals surface area contributed by atoms with E-state index in [1.54, 1.807) is 0 Å². The number of nitrogens with zero attached hydrogens (tertiary/aromatic N) is 2. The van der Waals surface area contributed by atoms with Gasteiger partial charge in [0.05, 0.1) is 22.1 Å². The van der Waals surface area contributed by atoms with Crippen LogP contribution < -0.4 is 0 Å². The molecular formula is C36H22N2S2. The summed E-state index contributed by atoms with van der Waals surface area (Å²) in [5.41, 5.74) is 5.18. The Morgan fingerprint density at radius 2 is 0.750 bits per heavy atom. The Labute approximate surface area is 236 Å². The average Bonchev–Trinajstić information content (AvgIpc) is 3.72. The quantitative estimate of drug-likeness (QED) is 0.167. The lowest BCUT2D eigenvalue weighted by Crippen LogP contribution is -1.89. The van der Waals surface area contributed by atoms with E-state index in [0.29, 0.717) is 0 Å². The van der Waals surface area contributed by atoms with Crippen molar-refractivity contribution in [2.75, 3.05) is 0 Å². The summed E-state index contributed by atoms with van der Waals surface area (Å²) in [4.78, 5) is 0. The monoisotopic (exact) mass is 546 g/mol. The maximum atomic E-state index is 2.41. The normalized spacial score (nSPS) is 12.8. The number of aryl methyl sites for hydroxylation is 2. The number of hydrogen-bond donors (Lipinski definition) is 0. The minimum absolute atomic E-state index is 1.28. The van der Waals surface area contributed by atoms with Crippen LogP contribution in [0.1, 0.15) is 0 Å². The molecule has 0 fully saturated rings. The SMILES string of the molecule is Cn1c2cc3cc4cc5ccsc5cc4cc3cc2c2c1c1cc3cc4cc5sccc5cc4cc3cc1n2C. The Hall–Kier alpha value is -4.38. The number of benzene rings is 6. The predicted octanol–water partition coefficient (Wildman–Crippen LogP) is 10.9. The summed E-state index contributed by atoms with van der Waals surface area (Å²) in [6.45, 7) is 0. The summed E-state index contributed by atoms with van der Waals surface area (Å²) < 4.78 is 7.51. The molecule has 0 atom stereocenters. The third-order valence-electron chi connectivity index (χ3n) is 9.09. The van der Waals surface area contributed by atoms with Crippen LogP contribution in [-0.4, -0.2) is 9.13 Å². The number of hydrogen-bond acceptors (Lipinski definition) is 2. The molecule has 4 aromatic heterocycles. The molecule has 188 valence electrons. The molecule has 40 heavy (non-hydrogen) atoms. The molecule has 0 amide bonds. The van der Waals surface area contributed by atoms with Crippen molar-refractivity contribution in [1.82, 2.24) is 9.13 Å². The van der Waals surface area contributed by atoms with E-state index in [4.69, 9.17) is 0 Å². The molecule has 0 aliphatic heterocycles. The van der Waals surface area contributed by atoms with Gasteiger partial charge in [-0.2, -0.15) is 0 Å². The molecule has 0 aliphatic rings. The minimum Gasteiger partial charge on any atom is -0.342 e. The molecule has 0 saturated carbocycles. The highest BCUT2D eigenvalue weighted by molar-refractivity contribution is 7.17. The molecular weight excluding hydrogens is 525 g/mol. The summed E-state index contributed by atoms with van der Waals surface area (Å²) >= 11 is 3.63. The van der Waals surface area contributed by atoms with Crippen molar-refractivity contribution >= 4 is 119 Å². The largest absolute Gasteiger partial charge is 0.342 e. The van der Waals surface area contributed by atoms with Gasteiger partial charge in [-0.05, 0) is 150 Å². The summed E-state index contributed by atoms with van der Waals surface area (Å²) in [5.74, 6) is 0. The van der Waals surface area contributed by atoms with Crippen molar-refractivity contribution in [3.05, 3.63) is 95.7 Å². The summed E-state index contributed by atoms with van der Waals surface area (Å²) in [6.07, 6.45) is 0. The van der Waals surface area contributed by atoms with Crippen molar-refractivity contribution in [3.63, 3.8) is 0 Å². The van der Waals surface area contributed by atoms with Crippen LogP contribution in [0.15, 0.2) is 95.7 Å². The second kappa shape index (κ2) is 7.22. The van der Waals surface area contributed by atoms with Gasteiger partial charge < -0.3 is 9.13 Å². The second-order valence-corrected chi connectivity index (χ2v) is 13.2. The first-order valence-electron chi connectivity index (χ1n) is 13.6. The fourth-order valence-electron chi connectivity index (χ4n) is 7.11. The molecule has 4 heteroatoms. The Morgan fingerprint density at radius 1 is 0.400 bits per heavy atom. The van der Waals surface area contributed by atoms with E-state index in [-0.39, 0.29) is 0 Å². The zero-order chi connectivity index (χ0) is 26.3. The average molecular weight is 547 g/mol. The molecule has 0 radical (unpaired) electrons. The van der Waals surface area contributed by atoms with Crippen LogP contribution in [0, 0.1) is 0 Å². The van der Waals surface area contributed by atoms with Crippen molar-refractivity contribution < 1.29 is 0 Å². The summed E-state index contributed by atoms with van der Waals surface area (Å²) in [7, 11) is 4.45. The molecule has 10 aromatic rings. The lowest BCUT2D eigenvalue weighted by molar-refractivity contribution is 1.01. The van der Waals surface area contributed by atoms with Crippen molar-refractivity contribution in [1.29, 1.82) is 0 Å². The zero-order valence-electron chi connectivity index (χ0n) is 21.9. The third-order valence-corrected chi connectivity index (χ3v) is 10.9. The Bertz CT molecular complexity index is 2540. The van der Waals surface area contributed by atoms with E-state index in [1.165, 1.54) is 96.1 Å². The van der Waals surface area contributed by atoms with Gasteiger partial charge in [0, 0.05) is 34.3 Å². The molecule has 0 unspecified atom stereocenters. The highest BCUT2D eigenvalue weighted by Crippen LogP contribution is 2.41. The van der Waals surface area contributed by atoms with Crippen LogP contribution in [0.25, 0.3) is 96.1 Å². The van der Waals surface area contributed by atoms with Crippen LogP contribution in [0.5, 0.6) is 0 Å². The van der Waals surface area contributed by atoms with Gasteiger partial charge in [-0.1, -0.05) is 0 Å². The molecule has 0 N–H and O–H groups in total. The second-order valence-electron chi connectivity index (χ2n) is 11.3. The first-order chi connectivity index (χ1) is 19.6. The van der Waals surface area contributed by atoms with Crippen LogP contribution in [-0.2, 0) is 14.1 Å². The van der Waals surface area contributed by atoms with Crippen molar-refractivity contribution in [2.24, 2.45) is 14.1 Å². The summed E-state index contributed by atoms with van der Waals surface area (Å²) in [5, 5.41) is 20.1. The van der Waals surface area contributed by atoms with Gasteiger partial charge in [0.25, 0.3) is 0 Å². The first kappa shape index (κ1) is 21.4. The topological polar surface area (TPSA) is 9.86 Å². The minimum atomic E-state index is 1.28. The molecule has 0 bridgehead atoms. The third kappa shape index (κ3) is 2.68. The van der Waals surface area contributed by atoms with Crippen LogP contribution in [0.4, 0.5) is 0 Å². The zero-order valence-corrected chi connectivity index (χ0v) is 23.6. The Kier molecular flexibility index (Phi) is 3.87. The van der Waals surface area contributed by atoms with Gasteiger partial charge in [-0.25, -0.2) is 0 Å². The molecule has 0 aliphatic carbocycles. The van der Waals surface area contributed by atoms with Gasteiger partial charge in [0.2, 0.25) is 0 Å². The van der Waals surface area contributed by atoms with Gasteiger partial charge in [0.1, 0.15) is 0 Å². The molecule has 10 rings (SSSR count). The highest BCUT2D eigenvalue weighted by atomic mass is 32.1. The number of rotatable bonds is 0. The number of thiophene rings is 2. The van der Waals surface area contributed by atoms with Crippen LogP contribution >= 0.6 is 22.7 Å². The predicted molar refractivity (Wildman–Crippen MR) is 178 cm³/mol. The highest BCUT2D eigenvalue weighted by Gasteiger charge is 2.19. The summed E-state index contributed by atoms with van der Waals surface area (Å²) in [6, 6.07) is 32.8. The fraction of sp³-hybridized carbons (Fsp3) is 0.0556. The molecule has 6 aromatic carbocycles. The van der Waals surface area contributed by atoms with E-state index >= 15 is 0 Å². The standard InChI is InChI=1S/C36H22N2S2/c1-37-31-15-25-9-21-7-19-3-5-39-33(19)17-27(21)11-23(25)13-29(31)36-35(37)30-14-24-12-28-18-34-20(4-6-40-34)8-22(28)10-26(24)16-32(30)38(36)2/h3-18H,1-2H3. The molecule has 2 nitrogen and oxygen atoms in total. The van der Waals surface area contributed by atoms with Gasteiger partial charge in [-0.3, -0.25) is 0 Å². The van der Waals surface area contributed by atoms with Crippen LogP contribution in [0.2, 0.25) is 0 Å². The van der Waals surface area contributed by atoms with E-state index in [1.807, 2.05) is 22.7 Å². The van der Waals surface area contributed by atoms with E-state index in [0.717, 1.165) is 0 Å². The molecule has 0 spiro atoms. The van der Waals surface area contributed by atoms with Gasteiger partial charge in [-0.15, -0.1) is 22.7 Å². The lowest BCUT2D eigenvalue weighted by atomic mass is 10.0. The Balaban J connectivity index is 1.29. The lowest BCUT2D eigenvalue weighted by Gasteiger charge is -2.08. The van der Waals surface area contributed by atoms with Crippen LogP contribution in [0.3, 0.4) is 0 Å². The molecule has 4 heterocycles. The van der Waals surface area contributed by atoms with Crippen molar-refractivity contribution in [2.45, 2.75) is 0 Å². The van der Waals surface area contributed by atoms with Crippen molar-refractivity contribution in [3.8, 4) is 0 Å².